The van der Waals surface area contributed by atoms with Crippen LogP contribution in [0.25, 0.3) is 0 Å². The van der Waals surface area contributed by atoms with Gasteiger partial charge in [0.05, 0.1) is 24.0 Å². The van der Waals surface area contributed by atoms with Crippen molar-refractivity contribution in [1.82, 2.24) is 5.32 Å². The number of allylic oxidation sites excluding steroid dienone is 1. The minimum Gasteiger partial charge on any atom is -0.444 e. The highest BCUT2D eigenvalue weighted by Gasteiger charge is 2.66. The molecule has 2 heterocycles. The summed E-state index contributed by atoms with van der Waals surface area (Å²) in [5.74, 6) is -1.82. The van der Waals surface area contributed by atoms with Crippen molar-refractivity contribution in [1.29, 1.82) is 0 Å². The van der Waals surface area contributed by atoms with Gasteiger partial charge in [-0.25, -0.2) is 4.79 Å². The number of carbonyl (C=O) groups is 2. The maximum Gasteiger partial charge on any atom is 0.331 e. The van der Waals surface area contributed by atoms with Crippen molar-refractivity contribution in [3.63, 3.8) is 0 Å². The van der Waals surface area contributed by atoms with Crippen molar-refractivity contribution < 1.29 is 24.5 Å². The lowest BCUT2D eigenvalue weighted by Gasteiger charge is -2.46. The molecule has 3 aliphatic rings. The fraction of sp³-hybridized carbons (Fsp3) is 0.517. The second-order valence-corrected chi connectivity index (χ2v) is 10.4. The predicted molar refractivity (Wildman–Crippen MR) is 134 cm³/mol. The fourth-order valence-corrected chi connectivity index (χ4v) is 5.97. The van der Waals surface area contributed by atoms with Gasteiger partial charge in [0, 0.05) is 12.1 Å². The first kappa shape index (κ1) is 25.4. The molecule has 6 heteroatoms. The number of ether oxygens (including phenoxy) is 1. The summed E-state index contributed by atoms with van der Waals surface area (Å²) in [7, 11) is 0. The monoisotopic (exact) mass is 479 g/mol. The third-order valence-corrected chi connectivity index (χ3v) is 8.00. The highest BCUT2D eigenvalue weighted by molar-refractivity contribution is 5.94. The quantitative estimate of drug-likeness (QED) is 0.445. The minimum absolute atomic E-state index is 0.288. The first-order valence-corrected chi connectivity index (χ1v) is 12.7. The summed E-state index contributed by atoms with van der Waals surface area (Å²) in [6.07, 6.45) is 8.56. The lowest BCUT2D eigenvalue weighted by molar-refractivity contribution is -0.175. The van der Waals surface area contributed by atoms with Gasteiger partial charge in [-0.3, -0.25) is 4.79 Å². The van der Waals surface area contributed by atoms with Crippen LogP contribution in [0.15, 0.2) is 65.8 Å². The number of benzene rings is 1. The molecule has 1 amide bonds. The van der Waals surface area contributed by atoms with Gasteiger partial charge in [0.15, 0.2) is 0 Å². The number of esters is 1. The van der Waals surface area contributed by atoms with E-state index in [1.807, 2.05) is 56.3 Å². The molecule has 0 unspecified atom stereocenters. The molecule has 1 aromatic carbocycles. The third-order valence-electron chi connectivity index (χ3n) is 8.00. The molecule has 0 aromatic heterocycles. The smallest absolute Gasteiger partial charge is 0.331 e. The Morgan fingerprint density at radius 3 is 2.54 bits per heavy atom. The maximum absolute atomic E-state index is 13.7. The van der Waals surface area contributed by atoms with Crippen LogP contribution >= 0.6 is 0 Å². The Balaban J connectivity index is 1.80. The van der Waals surface area contributed by atoms with Crippen molar-refractivity contribution in [3.05, 3.63) is 71.3 Å². The molecule has 2 aliphatic heterocycles. The van der Waals surface area contributed by atoms with E-state index in [9.17, 15) is 19.8 Å². The van der Waals surface area contributed by atoms with Crippen LogP contribution in [0.4, 0.5) is 0 Å². The number of nitrogens with one attached hydrogen (secondary N) is 1. The van der Waals surface area contributed by atoms with E-state index in [0.29, 0.717) is 18.8 Å². The Kier molecular flexibility index (Phi) is 7.62. The Morgan fingerprint density at radius 1 is 1.06 bits per heavy atom. The Morgan fingerprint density at radius 2 is 1.80 bits per heavy atom. The van der Waals surface area contributed by atoms with E-state index in [4.69, 9.17) is 4.74 Å². The van der Waals surface area contributed by atoms with Gasteiger partial charge in [0.25, 0.3) is 5.91 Å². The van der Waals surface area contributed by atoms with Crippen LogP contribution in [0, 0.1) is 17.8 Å². The van der Waals surface area contributed by atoms with Crippen molar-refractivity contribution in [2.24, 2.45) is 17.8 Å². The number of carbonyl (C=O) groups excluding carboxylic acids is 2. The average molecular weight is 480 g/mol. The van der Waals surface area contributed by atoms with Crippen LogP contribution in [0.2, 0.25) is 0 Å². The van der Waals surface area contributed by atoms with Gasteiger partial charge >= 0.3 is 5.97 Å². The van der Waals surface area contributed by atoms with Crippen LogP contribution in [0.3, 0.4) is 0 Å². The summed E-state index contributed by atoms with van der Waals surface area (Å²) in [6.45, 7) is 5.97. The number of rotatable bonds is 2. The van der Waals surface area contributed by atoms with Crippen molar-refractivity contribution in [2.45, 2.75) is 76.7 Å². The molecule has 1 aliphatic carbocycles. The molecule has 3 N–H and O–H groups in total. The third kappa shape index (κ3) is 5.00. The summed E-state index contributed by atoms with van der Waals surface area (Å²) in [5, 5.41) is 24.7. The molecular formula is C29H37NO5. The molecule has 1 spiro atoms. The molecule has 35 heavy (non-hydrogen) atoms. The average Bonchev–Trinajstić information content (AvgIpc) is 3.09. The standard InChI is InChI=1S/C29H37NO5/c1-18-9-7-13-22(31)15-16-25(32)35-29-23(14-8-10-18)27(33)20(3)19(2)26(29)24(30-28(29)34)17-21-11-5-4-6-12-21/h4-6,8,11-12,14-16,18,22-24,26-27,31,33H,7,9-10,13,17H2,1-3H3,(H,30,34)/t18-,22-,23+,24+,26+,27-,29-/m1/s1. The van der Waals surface area contributed by atoms with Crippen LogP contribution < -0.4 is 5.32 Å². The van der Waals surface area contributed by atoms with Gasteiger partial charge in [-0.1, -0.05) is 67.8 Å². The van der Waals surface area contributed by atoms with Crippen LogP contribution in [-0.4, -0.2) is 45.9 Å². The molecule has 1 saturated heterocycles. The van der Waals surface area contributed by atoms with Crippen molar-refractivity contribution in [2.75, 3.05) is 0 Å². The van der Waals surface area contributed by atoms with Gasteiger partial charge in [-0.05, 0) is 56.2 Å². The number of hydrogen-bond donors (Lipinski definition) is 3. The second-order valence-electron chi connectivity index (χ2n) is 10.4. The maximum atomic E-state index is 13.7. The highest BCUT2D eigenvalue weighted by Crippen LogP contribution is 2.50. The van der Waals surface area contributed by atoms with Crippen LogP contribution in [0.5, 0.6) is 0 Å². The highest BCUT2D eigenvalue weighted by atomic mass is 16.6. The van der Waals surface area contributed by atoms with E-state index in [2.05, 4.69) is 12.2 Å². The molecule has 188 valence electrons. The topological polar surface area (TPSA) is 95.9 Å². The molecule has 0 radical (unpaired) electrons. The Labute approximate surface area is 207 Å². The molecule has 6 nitrogen and oxygen atoms in total. The van der Waals surface area contributed by atoms with E-state index >= 15 is 0 Å². The van der Waals surface area contributed by atoms with Gasteiger partial charge < -0.3 is 20.3 Å². The molecule has 1 fully saturated rings. The zero-order valence-corrected chi connectivity index (χ0v) is 20.8. The number of hydrogen-bond acceptors (Lipinski definition) is 5. The lowest BCUT2D eigenvalue weighted by atomic mass is 9.63. The lowest BCUT2D eigenvalue weighted by Crippen LogP contribution is -2.59. The predicted octanol–water partition coefficient (Wildman–Crippen LogP) is 3.64. The van der Waals surface area contributed by atoms with Crippen molar-refractivity contribution in [3.8, 4) is 0 Å². The number of aliphatic hydroxyl groups is 2. The zero-order valence-electron chi connectivity index (χ0n) is 20.8. The normalized spacial score (nSPS) is 36.1. The van der Waals surface area contributed by atoms with Gasteiger partial charge in [0.1, 0.15) is 0 Å². The summed E-state index contributed by atoms with van der Waals surface area (Å²) < 4.78 is 6.06. The van der Waals surface area contributed by atoms with E-state index < -0.39 is 35.6 Å². The SMILES string of the molecule is CC1=C(C)[C@H]2[C@H](Cc3ccccc3)NC(=O)[C@]23OC(=O)C=C[C@H](O)CCC[C@@H](C)CC=C[C@H]3[C@@H]1O. The molecule has 4 rings (SSSR count). The van der Waals surface area contributed by atoms with E-state index in [1.165, 1.54) is 12.2 Å². The number of amides is 1. The molecular weight excluding hydrogens is 442 g/mol. The van der Waals surface area contributed by atoms with Crippen molar-refractivity contribution >= 4 is 11.9 Å². The summed E-state index contributed by atoms with van der Waals surface area (Å²) in [4.78, 5) is 26.8. The van der Waals surface area contributed by atoms with Gasteiger partial charge in [-0.15, -0.1) is 0 Å². The van der Waals surface area contributed by atoms with Crippen LogP contribution in [-0.2, 0) is 20.7 Å². The molecule has 0 bridgehead atoms. The largest absolute Gasteiger partial charge is 0.444 e. The zero-order chi connectivity index (χ0) is 25.2. The van der Waals surface area contributed by atoms with E-state index in [1.54, 1.807) is 0 Å². The van der Waals surface area contributed by atoms with E-state index in [0.717, 1.165) is 36.0 Å². The van der Waals surface area contributed by atoms with Crippen LogP contribution in [0.1, 0.15) is 52.0 Å². The summed E-state index contributed by atoms with van der Waals surface area (Å²) in [6, 6.07) is 9.62. The minimum atomic E-state index is -1.57. The summed E-state index contributed by atoms with van der Waals surface area (Å²) in [5.41, 5.74) is 1.18. The van der Waals surface area contributed by atoms with Gasteiger partial charge in [-0.2, -0.15) is 0 Å². The summed E-state index contributed by atoms with van der Waals surface area (Å²) >= 11 is 0. The number of aliphatic hydroxyl groups excluding tert-OH is 2. The Bertz CT molecular complexity index is 1030. The molecule has 1 aromatic rings. The molecule has 0 saturated carbocycles. The second kappa shape index (κ2) is 10.5. The Hall–Kier alpha value is -2.70. The van der Waals surface area contributed by atoms with E-state index in [-0.39, 0.29) is 11.9 Å². The molecule has 7 atom stereocenters. The first-order valence-electron chi connectivity index (χ1n) is 12.7. The fourth-order valence-electron chi connectivity index (χ4n) is 5.97. The first-order chi connectivity index (χ1) is 16.7. The van der Waals surface area contributed by atoms with Gasteiger partial charge in [0.2, 0.25) is 5.60 Å².